The van der Waals surface area contributed by atoms with Crippen molar-refractivity contribution in [3.63, 3.8) is 0 Å². The summed E-state index contributed by atoms with van der Waals surface area (Å²) in [5, 5.41) is 8.53. The molecule has 21 heavy (non-hydrogen) atoms. The fourth-order valence-electron chi connectivity index (χ4n) is 1.57. The predicted octanol–water partition coefficient (Wildman–Crippen LogP) is 3.35. The summed E-state index contributed by atoms with van der Waals surface area (Å²) >= 11 is 1.73. The maximum atomic E-state index is 10.4. The van der Waals surface area contributed by atoms with Gasteiger partial charge >= 0.3 is 5.97 Å². The Hall–Kier alpha value is -2.27. The molecular weight excluding hydrogens is 286 g/mol. The number of rotatable bonds is 7. The van der Waals surface area contributed by atoms with E-state index >= 15 is 0 Å². The van der Waals surface area contributed by atoms with Crippen LogP contribution in [0.15, 0.2) is 59.6 Å². The number of benzene rings is 1. The van der Waals surface area contributed by atoms with Crippen LogP contribution in [-0.4, -0.2) is 28.4 Å². The summed E-state index contributed by atoms with van der Waals surface area (Å²) in [6, 6.07) is 13.6. The summed E-state index contributed by atoms with van der Waals surface area (Å²) in [5.41, 5.74) is 0.586. The number of ether oxygens (including phenoxy) is 1. The van der Waals surface area contributed by atoms with Gasteiger partial charge in [-0.25, -0.2) is 4.79 Å². The van der Waals surface area contributed by atoms with Crippen molar-refractivity contribution in [1.82, 2.24) is 4.98 Å². The second-order valence-electron chi connectivity index (χ2n) is 4.10. The van der Waals surface area contributed by atoms with Crippen LogP contribution in [0.3, 0.4) is 0 Å². The van der Waals surface area contributed by atoms with Gasteiger partial charge in [0.25, 0.3) is 0 Å². The Morgan fingerprint density at radius 2 is 2.05 bits per heavy atom. The van der Waals surface area contributed by atoms with E-state index in [4.69, 9.17) is 9.84 Å². The van der Waals surface area contributed by atoms with Gasteiger partial charge in [0.05, 0.1) is 18.5 Å². The number of carboxylic acid groups (broad SMARTS) is 1. The van der Waals surface area contributed by atoms with Gasteiger partial charge in [-0.2, -0.15) is 0 Å². The van der Waals surface area contributed by atoms with Crippen LogP contribution < -0.4 is 4.74 Å². The van der Waals surface area contributed by atoms with E-state index in [0.29, 0.717) is 18.1 Å². The Kier molecular flexibility index (Phi) is 5.84. The molecule has 108 valence electrons. The molecule has 2 rings (SSSR count). The van der Waals surface area contributed by atoms with Crippen molar-refractivity contribution >= 4 is 23.8 Å². The number of nitrogens with zero attached hydrogens (tertiary/aromatic N) is 1. The zero-order valence-electron chi connectivity index (χ0n) is 11.3. The number of thioether (sulfide) groups is 1. The lowest BCUT2D eigenvalue weighted by Gasteiger charge is -2.05. The van der Waals surface area contributed by atoms with E-state index in [9.17, 15) is 4.79 Å². The van der Waals surface area contributed by atoms with E-state index in [1.807, 2.05) is 18.2 Å². The fraction of sp³-hybridized carbons (Fsp3) is 0.125. The highest BCUT2D eigenvalue weighted by atomic mass is 32.2. The highest BCUT2D eigenvalue weighted by Gasteiger charge is 1.97. The van der Waals surface area contributed by atoms with Crippen molar-refractivity contribution in [3.05, 3.63) is 60.4 Å². The third-order valence-electron chi connectivity index (χ3n) is 2.52. The Labute approximate surface area is 127 Å². The number of carbonyl (C=O) groups is 1. The molecule has 0 fully saturated rings. The van der Waals surface area contributed by atoms with Gasteiger partial charge in [-0.05, 0) is 30.3 Å². The zero-order valence-corrected chi connectivity index (χ0v) is 12.1. The van der Waals surface area contributed by atoms with Crippen molar-refractivity contribution in [2.75, 3.05) is 12.4 Å². The first-order valence-corrected chi connectivity index (χ1v) is 7.40. The van der Waals surface area contributed by atoms with Crippen LogP contribution in [0.2, 0.25) is 0 Å². The minimum atomic E-state index is -0.991. The summed E-state index contributed by atoms with van der Waals surface area (Å²) in [5.74, 6) is 0.538. The third-order valence-corrected chi connectivity index (χ3v) is 3.50. The Morgan fingerprint density at radius 1 is 1.24 bits per heavy atom. The number of aliphatic carboxylic acids is 1. The van der Waals surface area contributed by atoms with E-state index in [1.165, 1.54) is 11.0 Å². The van der Waals surface area contributed by atoms with E-state index in [0.717, 1.165) is 11.8 Å². The van der Waals surface area contributed by atoms with Gasteiger partial charge in [0, 0.05) is 16.7 Å². The van der Waals surface area contributed by atoms with E-state index < -0.39 is 5.97 Å². The van der Waals surface area contributed by atoms with Crippen LogP contribution in [0.1, 0.15) is 5.69 Å². The van der Waals surface area contributed by atoms with Gasteiger partial charge in [-0.15, -0.1) is 11.8 Å². The van der Waals surface area contributed by atoms with Gasteiger partial charge in [-0.3, -0.25) is 4.98 Å². The van der Waals surface area contributed by atoms with Crippen molar-refractivity contribution in [3.8, 4) is 5.75 Å². The molecule has 0 aliphatic rings. The van der Waals surface area contributed by atoms with Crippen molar-refractivity contribution in [1.29, 1.82) is 0 Å². The van der Waals surface area contributed by atoms with Crippen LogP contribution in [-0.2, 0) is 4.79 Å². The molecule has 4 nitrogen and oxygen atoms in total. The maximum Gasteiger partial charge on any atom is 0.328 e. The molecule has 0 saturated heterocycles. The number of aromatic nitrogens is 1. The van der Waals surface area contributed by atoms with Crippen LogP contribution in [0, 0.1) is 0 Å². The van der Waals surface area contributed by atoms with Crippen LogP contribution in [0.5, 0.6) is 5.75 Å². The number of hydrogen-bond donors (Lipinski definition) is 1. The summed E-state index contributed by atoms with van der Waals surface area (Å²) in [4.78, 5) is 15.7. The molecule has 1 aromatic carbocycles. The summed E-state index contributed by atoms with van der Waals surface area (Å²) in [6.07, 6.45) is 4.09. The second kappa shape index (κ2) is 8.11. The largest absolute Gasteiger partial charge is 0.491 e. The molecule has 1 heterocycles. The van der Waals surface area contributed by atoms with Gasteiger partial charge in [-0.1, -0.05) is 18.2 Å². The van der Waals surface area contributed by atoms with Crippen LogP contribution >= 0.6 is 11.8 Å². The lowest BCUT2D eigenvalue weighted by atomic mass is 10.3. The van der Waals surface area contributed by atoms with E-state index in [-0.39, 0.29) is 0 Å². The summed E-state index contributed by atoms with van der Waals surface area (Å²) in [6.45, 7) is 0.589. The first-order chi connectivity index (χ1) is 10.2. The molecule has 0 aliphatic heterocycles. The van der Waals surface area contributed by atoms with Gasteiger partial charge < -0.3 is 9.84 Å². The van der Waals surface area contributed by atoms with Crippen molar-refractivity contribution < 1.29 is 14.6 Å². The number of pyridine rings is 1. The summed E-state index contributed by atoms with van der Waals surface area (Å²) in [7, 11) is 0. The molecule has 0 bridgehead atoms. The Balaban J connectivity index is 1.75. The smallest absolute Gasteiger partial charge is 0.328 e. The lowest BCUT2D eigenvalue weighted by molar-refractivity contribution is -0.131. The molecule has 5 heteroatoms. The molecule has 0 spiro atoms. The molecule has 0 atom stereocenters. The topological polar surface area (TPSA) is 59.4 Å². The average Bonchev–Trinajstić information content (AvgIpc) is 2.52. The Bertz CT molecular complexity index is 597. The molecule has 2 aromatic rings. The lowest BCUT2D eigenvalue weighted by Crippen LogP contribution is -2.00. The maximum absolute atomic E-state index is 10.4. The molecule has 0 radical (unpaired) electrons. The molecule has 0 unspecified atom stereocenters. The summed E-state index contributed by atoms with van der Waals surface area (Å²) < 4.78 is 5.58. The minimum absolute atomic E-state index is 0.586. The molecular formula is C16H15NO3S. The SMILES string of the molecule is O=C(O)C=Cc1ccc(OCCSc2ccccc2)cn1. The van der Waals surface area contributed by atoms with E-state index in [2.05, 4.69) is 17.1 Å². The fourth-order valence-corrected chi connectivity index (χ4v) is 2.32. The molecule has 1 aromatic heterocycles. The number of hydrogen-bond acceptors (Lipinski definition) is 4. The highest BCUT2D eigenvalue weighted by molar-refractivity contribution is 7.99. The second-order valence-corrected chi connectivity index (χ2v) is 5.27. The van der Waals surface area contributed by atoms with Crippen molar-refractivity contribution in [2.45, 2.75) is 4.90 Å². The standard InChI is InChI=1S/C16H15NO3S/c18-16(19)9-7-13-6-8-14(12-17-13)20-10-11-21-15-4-2-1-3-5-15/h1-9,12H,10-11H2,(H,18,19). The Morgan fingerprint density at radius 3 is 2.71 bits per heavy atom. The highest BCUT2D eigenvalue weighted by Crippen LogP contribution is 2.17. The first kappa shape index (κ1) is 15.1. The van der Waals surface area contributed by atoms with Gasteiger partial charge in [0.15, 0.2) is 0 Å². The zero-order chi connectivity index (χ0) is 14.9. The molecule has 0 aliphatic carbocycles. The molecule has 0 saturated carbocycles. The predicted molar refractivity (Wildman–Crippen MR) is 83.6 cm³/mol. The van der Waals surface area contributed by atoms with E-state index in [1.54, 1.807) is 30.1 Å². The normalized spacial score (nSPS) is 10.7. The average molecular weight is 301 g/mol. The quantitative estimate of drug-likeness (QED) is 0.483. The first-order valence-electron chi connectivity index (χ1n) is 6.42. The van der Waals surface area contributed by atoms with Crippen LogP contribution in [0.25, 0.3) is 6.08 Å². The molecule has 0 amide bonds. The van der Waals surface area contributed by atoms with Gasteiger partial charge in [0.2, 0.25) is 0 Å². The van der Waals surface area contributed by atoms with Crippen molar-refractivity contribution in [2.24, 2.45) is 0 Å². The molecule has 1 N–H and O–H groups in total. The third kappa shape index (κ3) is 5.71. The van der Waals surface area contributed by atoms with Gasteiger partial charge in [0.1, 0.15) is 5.75 Å². The monoisotopic (exact) mass is 301 g/mol. The van der Waals surface area contributed by atoms with Crippen LogP contribution in [0.4, 0.5) is 0 Å². The number of carboxylic acids is 1. The minimum Gasteiger partial charge on any atom is -0.491 e.